The fourth-order valence-corrected chi connectivity index (χ4v) is 5.59. The molecular weight excluding hydrogens is 631 g/mol. The molecule has 43 heavy (non-hydrogen) atoms. The van der Waals surface area contributed by atoms with Crippen LogP contribution in [-0.4, -0.2) is 39.9 Å². The number of benzene rings is 4. The number of hydrogen-bond donors (Lipinski definition) is 2. The van der Waals surface area contributed by atoms with Crippen molar-refractivity contribution in [1.29, 1.82) is 0 Å². The maximum absolute atomic E-state index is 5.02. The number of H-pyrrole nitrogens is 2. The molecule has 2 N–H and O–H groups in total. The second kappa shape index (κ2) is 10.9. The SMILES string of the molecule is [Cl-].[Cl-].[Cu+2].c1ccc2c(c1)-c1nc-2nc2[nH]c(nc3nc(nc4[nH]c(n1)c1ccccc41)-c1ccccc1-3)c1ccccc21. The van der Waals surface area contributed by atoms with Crippen LogP contribution in [0.5, 0.6) is 0 Å². The van der Waals surface area contributed by atoms with Crippen LogP contribution >= 0.6 is 0 Å². The second-order valence-corrected chi connectivity index (χ2v) is 9.79. The number of hydrogen-bond acceptors (Lipinski definition) is 6. The number of rotatable bonds is 0. The average molecular weight is 649 g/mol. The molecule has 4 aromatic carbocycles. The standard InChI is InChI=1S/C32H18N8.2ClH.Cu/c1-2-10-18-17(9-1)25-33-26(18)38-28-21-13-5-6-14-22(21)30(35-28)40-32-24-16-8-7-15-23(24)31(36-32)39-29-20-12-4-3-11-19(20)27(34-29)37-25;;;/h1-16H,(H2,33,34,35,36,37,38,39,40);2*1H;/q;;;+2/p-2. The van der Waals surface area contributed by atoms with Crippen LogP contribution in [0.1, 0.15) is 0 Å². The molecule has 0 fully saturated rings. The Morgan fingerprint density at radius 1 is 0.326 bits per heavy atom. The number of fused-ring (bicyclic) bond motifs is 20. The summed E-state index contributed by atoms with van der Waals surface area (Å²) >= 11 is 0. The summed E-state index contributed by atoms with van der Waals surface area (Å²) in [6.07, 6.45) is 0. The summed E-state index contributed by atoms with van der Waals surface area (Å²) in [5.41, 5.74) is 6.45. The van der Waals surface area contributed by atoms with Gasteiger partial charge < -0.3 is 34.8 Å². The fourth-order valence-electron chi connectivity index (χ4n) is 5.59. The van der Waals surface area contributed by atoms with Gasteiger partial charge in [-0.15, -0.1) is 0 Å². The molecule has 8 bridgehead atoms. The molecule has 211 valence electrons. The molecule has 11 heteroatoms. The van der Waals surface area contributed by atoms with Crippen molar-refractivity contribution in [2.45, 2.75) is 0 Å². The fraction of sp³-hybridized carbons (Fsp3) is 0. The van der Waals surface area contributed by atoms with Crippen LogP contribution in [0.2, 0.25) is 0 Å². The van der Waals surface area contributed by atoms with Gasteiger partial charge in [0.2, 0.25) is 0 Å². The maximum atomic E-state index is 5.02. The number of aromatic nitrogens is 8. The maximum Gasteiger partial charge on any atom is 2.00 e. The first-order chi connectivity index (χ1) is 19.8. The van der Waals surface area contributed by atoms with Gasteiger partial charge >= 0.3 is 17.1 Å². The normalized spacial score (nSPS) is 11.2. The molecule has 0 saturated heterocycles. The zero-order valence-electron chi connectivity index (χ0n) is 22.0. The second-order valence-electron chi connectivity index (χ2n) is 9.79. The van der Waals surface area contributed by atoms with Crippen LogP contribution in [0, 0.1) is 0 Å². The Hall–Kier alpha value is -4.66. The van der Waals surface area contributed by atoms with E-state index in [2.05, 4.69) is 9.97 Å². The van der Waals surface area contributed by atoms with E-state index >= 15 is 0 Å². The molecule has 0 atom stereocenters. The van der Waals surface area contributed by atoms with E-state index in [1.54, 1.807) is 0 Å². The van der Waals surface area contributed by atoms with Gasteiger partial charge in [-0.25, -0.2) is 29.9 Å². The Kier molecular flexibility index (Phi) is 7.20. The van der Waals surface area contributed by atoms with Gasteiger partial charge in [-0.05, 0) is 0 Å². The Balaban J connectivity index is 0.00000110. The molecule has 0 saturated carbocycles. The molecule has 8 nitrogen and oxygen atoms in total. The molecule has 1 radical (unpaired) electrons. The average Bonchev–Trinajstić information content (AvgIpc) is 3.73. The molecule has 2 aliphatic heterocycles. The first-order valence-corrected chi connectivity index (χ1v) is 13.0. The van der Waals surface area contributed by atoms with E-state index < -0.39 is 0 Å². The van der Waals surface area contributed by atoms with Crippen molar-refractivity contribution in [1.82, 2.24) is 39.9 Å². The first-order valence-electron chi connectivity index (χ1n) is 13.0. The summed E-state index contributed by atoms with van der Waals surface area (Å²) in [7, 11) is 0. The van der Waals surface area contributed by atoms with Crippen molar-refractivity contribution in [3.8, 4) is 45.6 Å². The predicted molar refractivity (Wildman–Crippen MR) is 156 cm³/mol. The van der Waals surface area contributed by atoms with Gasteiger partial charge in [0.05, 0.1) is 0 Å². The Morgan fingerprint density at radius 3 is 0.814 bits per heavy atom. The zero-order valence-corrected chi connectivity index (χ0v) is 24.4. The van der Waals surface area contributed by atoms with Gasteiger partial charge in [0, 0.05) is 43.8 Å². The molecule has 5 heterocycles. The first kappa shape index (κ1) is 28.5. The van der Waals surface area contributed by atoms with Gasteiger partial charge in [-0.3, -0.25) is 0 Å². The van der Waals surface area contributed by atoms with Gasteiger partial charge in [0.15, 0.2) is 23.3 Å². The van der Waals surface area contributed by atoms with Crippen molar-refractivity contribution in [3.63, 3.8) is 0 Å². The van der Waals surface area contributed by atoms with Crippen LogP contribution in [0.3, 0.4) is 0 Å². The Bertz CT molecular complexity index is 2050. The summed E-state index contributed by atoms with van der Waals surface area (Å²) < 4.78 is 0. The largest absolute Gasteiger partial charge is 2.00 e. The summed E-state index contributed by atoms with van der Waals surface area (Å²) in [5.74, 6) is 2.39. The molecule has 7 aromatic rings. The molecule has 0 aliphatic carbocycles. The summed E-state index contributed by atoms with van der Waals surface area (Å²) in [6, 6.07) is 32.2. The summed E-state index contributed by atoms with van der Waals surface area (Å²) in [6.45, 7) is 0. The third-order valence-corrected chi connectivity index (χ3v) is 7.46. The van der Waals surface area contributed by atoms with Crippen molar-refractivity contribution < 1.29 is 41.9 Å². The summed E-state index contributed by atoms with van der Waals surface area (Å²) in [5, 5.41) is 3.82. The van der Waals surface area contributed by atoms with E-state index in [9.17, 15) is 0 Å². The minimum Gasteiger partial charge on any atom is -1.00 e. The van der Waals surface area contributed by atoms with Gasteiger partial charge in [-0.2, -0.15) is 0 Å². The molecule has 3 aromatic heterocycles. The zero-order chi connectivity index (χ0) is 26.2. The van der Waals surface area contributed by atoms with Gasteiger partial charge in [0.25, 0.3) is 0 Å². The topological polar surface area (TPSA) is 109 Å². The van der Waals surface area contributed by atoms with Crippen molar-refractivity contribution in [3.05, 3.63) is 97.1 Å². The molecule has 2 aliphatic rings. The molecule has 0 spiro atoms. The van der Waals surface area contributed by atoms with Crippen LogP contribution in [0.25, 0.3) is 89.7 Å². The van der Waals surface area contributed by atoms with E-state index in [-0.39, 0.29) is 41.9 Å². The Morgan fingerprint density at radius 2 is 0.558 bits per heavy atom. The van der Waals surface area contributed by atoms with Gasteiger partial charge in [-0.1, -0.05) is 97.1 Å². The third kappa shape index (κ3) is 4.37. The molecule has 9 rings (SSSR count). The number of nitrogens with zero attached hydrogens (tertiary/aromatic N) is 6. The molecule has 0 unspecified atom stereocenters. The van der Waals surface area contributed by atoms with E-state index in [0.717, 1.165) is 43.8 Å². The van der Waals surface area contributed by atoms with E-state index in [4.69, 9.17) is 29.9 Å². The smallest absolute Gasteiger partial charge is 1.00 e. The van der Waals surface area contributed by atoms with Crippen molar-refractivity contribution in [2.24, 2.45) is 0 Å². The minimum atomic E-state index is 0. The molecule has 0 amide bonds. The van der Waals surface area contributed by atoms with E-state index in [0.29, 0.717) is 45.9 Å². The van der Waals surface area contributed by atoms with Crippen LogP contribution < -0.4 is 24.8 Å². The Labute approximate surface area is 267 Å². The summed E-state index contributed by atoms with van der Waals surface area (Å²) in [4.78, 5) is 36.8. The van der Waals surface area contributed by atoms with Crippen molar-refractivity contribution in [2.75, 3.05) is 0 Å². The van der Waals surface area contributed by atoms with E-state index in [1.807, 2.05) is 97.1 Å². The van der Waals surface area contributed by atoms with Gasteiger partial charge in [0.1, 0.15) is 22.6 Å². The monoisotopic (exact) mass is 647 g/mol. The van der Waals surface area contributed by atoms with Crippen molar-refractivity contribution >= 4 is 44.1 Å². The number of aromatic amines is 2. The number of halogens is 2. The van der Waals surface area contributed by atoms with E-state index in [1.165, 1.54) is 0 Å². The number of nitrogens with one attached hydrogen (secondary N) is 2. The predicted octanol–water partition coefficient (Wildman–Crippen LogP) is 0.875. The quantitative estimate of drug-likeness (QED) is 0.237. The third-order valence-electron chi connectivity index (χ3n) is 7.46. The van der Waals surface area contributed by atoms with Crippen LogP contribution in [0.15, 0.2) is 97.1 Å². The molecular formula is C32H18Cl2CuN8. The van der Waals surface area contributed by atoms with Crippen LogP contribution in [-0.2, 0) is 17.1 Å². The van der Waals surface area contributed by atoms with Crippen LogP contribution in [0.4, 0.5) is 0 Å². The minimum absolute atomic E-state index is 0.